The maximum Gasteiger partial charge on any atom is 0.269 e. The number of Topliss-reactive ketones (excluding diaryl/α,β-unsaturated/α-hetero) is 1. The number of nitrogens with two attached hydrogens (primary N) is 2. The third-order valence-corrected chi connectivity index (χ3v) is 4.35. The van der Waals surface area contributed by atoms with E-state index in [1.165, 1.54) is 24.3 Å². The van der Waals surface area contributed by atoms with Gasteiger partial charge in [0.05, 0.1) is 10.5 Å². The van der Waals surface area contributed by atoms with Crippen LogP contribution in [-0.4, -0.2) is 22.3 Å². The molecule has 6 nitrogen and oxygen atoms in total. The Hall–Kier alpha value is -1.79. The lowest BCUT2D eigenvalue weighted by molar-refractivity contribution is -0.384. The van der Waals surface area contributed by atoms with Gasteiger partial charge in [-0.1, -0.05) is 6.92 Å². The summed E-state index contributed by atoms with van der Waals surface area (Å²) in [4.78, 5) is 22.7. The molecule has 0 bridgehead atoms. The highest BCUT2D eigenvalue weighted by molar-refractivity contribution is 6.03. The second kappa shape index (κ2) is 5.30. The second-order valence-corrected chi connectivity index (χ2v) is 5.52. The number of ketones is 1. The smallest absolute Gasteiger partial charge is 0.269 e. The molecule has 0 aliphatic heterocycles. The quantitative estimate of drug-likeness (QED) is 0.495. The summed E-state index contributed by atoms with van der Waals surface area (Å²) in [6.07, 6.45) is 2.28. The van der Waals surface area contributed by atoms with Gasteiger partial charge in [0, 0.05) is 23.7 Å². The van der Waals surface area contributed by atoms with Crippen molar-refractivity contribution in [2.45, 2.75) is 37.8 Å². The SMILES string of the molecule is CC1C(N)CCCC1(N)C(=O)c1ccc([N+](=O)[O-])cc1. The summed E-state index contributed by atoms with van der Waals surface area (Å²) in [5.41, 5.74) is 11.7. The summed E-state index contributed by atoms with van der Waals surface area (Å²) in [7, 11) is 0. The van der Waals surface area contributed by atoms with Crippen LogP contribution in [0.3, 0.4) is 0 Å². The third kappa shape index (κ3) is 2.44. The minimum absolute atomic E-state index is 0.0407. The van der Waals surface area contributed by atoms with E-state index in [2.05, 4.69) is 0 Å². The molecule has 108 valence electrons. The Morgan fingerprint density at radius 2 is 2.00 bits per heavy atom. The van der Waals surface area contributed by atoms with Crippen molar-refractivity contribution >= 4 is 11.5 Å². The van der Waals surface area contributed by atoms with Crippen molar-refractivity contribution in [2.75, 3.05) is 0 Å². The van der Waals surface area contributed by atoms with Crippen molar-refractivity contribution in [3.05, 3.63) is 39.9 Å². The van der Waals surface area contributed by atoms with Crippen molar-refractivity contribution in [3.63, 3.8) is 0 Å². The Kier molecular flexibility index (Phi) is 3.87. The van der Waals surface area contributed by atoms with Gasteiger partial charge in [-0.2, -0.15) is 0 Å². The normalized spacial score (nSPS) is 29.9. The first-order valence-corrected chi connectivity index (χ1v) is 6.70. The summed E-state index contributed by atoms with van der Waals surface area (Å²) >= 11 is 0. The van der Waals surface area contributed by atoms with Crippen molar-refractivity contribution in [2.24, 2.45) is 17.4 Å². The Bertz CT molecular complexity index is 529. The van der Waals surface area contributed by atoms with Crippen LogP contribution in [0.15, 0.2) is 24.3 Å². The molecule has 1 saturated carbocycles. The molecule has 1 aliphatic carbocycles. The van der Waals surface area contributed by atoms with Gasteiger partial charge in [-0.3, -0.25) is 14.9 Å². The predicted octanol–water partition coefficient (Wildman–Crippen LogP) is 1.62. The zero-order valence-electron chi connectivity index (χ0n) is 11.4. The van der Waals surface area contributed by atoms with Gasteiger partial charge in [-0.15, -0.1) is 0 Å². The highest BCUT2D eigenvalue weighted by Crippen LogP contribution is 2.33. The van der Waals surface area contributed by atoms with Crippen molar-refractivity contribution < 1.29 is 9.72 Å². The minimum atomic E-state index is -0.978. The standard InChI is InChI=1S/C14H19N3O3/c1-9-12(15)3-2-8-14(9,16)13(18)10-4-6-11(7-5-10)17(19)20/h4-7,9,12H,2-3,8,15-16H2,1H3. The van der Waals surface area contributed by atoms with Crippen molar-refractivity contribution in [1.29, 1.82) is 0 Å². The number of carbonyl (C=O) groups is 1. The van der Waals surface area contributed by atoms with E-state index in [9.17, 15) is 14.9 Å². The molecule has 3 atom stereocenters. The molecule has 1 aromatic rings. The molecule has 0 amide bonds. The molecule has 0 aromatic heterocycles. The fourth-order valence-corrected chi connectivity index (χ4v) is 2.81. The van der Waals surface area contributed by atoms with Gasteiger partial charge in [-0.05, 0) is 37.3 Å². The molecule has 0 radical (unpaired) electrons. The van der Waals surface area contributed by atoms with Crippen LogP contribution in [0.5, 0.6) is 0 Å². The van der Waals surface area contributed by atoms with Crippen LogP contribution in [0.4, 0.5) is 5.69 Å². The molecule has 0 saturated heterocycles. The van der Waals surface area contributed by atoms with Crippen molar-refractivity contribution in [1.82, 2.24) is 0 Å². The number of benzene rings is 1. The highest BCUT2D eigenvalue weighted by atomic mass is 16.6. The number of hydrogen-bond acceptors (Lipinski definition) is 5. The minimum Gasteiger partial charge on any atom is -0.327 e. The Morgan fingerprint density at radius 1 is 1.40 bits per heavy atom. The number of nitro benzene ring substituents is 1. The summed E-state index contributed by atoms with van der Waals surface area (Å²) in [5, 5.41) is 10.6. The van der Waals surface area contributed by atoms with E-state index in [0.29, 0.717) is 12.0 Å². The lowest BCUT2D eigenvalue weighted by Gasteiger charge is -2.41. The number of nitrogens with zero attached hydrogens (tertiary/aromatic N) is 1. The Labute approximate surface area is 117 Å². The summed E-state index contributed by atoms with van der Waals surface area (Å²) in [6.45, 7) is 1.90. The molecule has 20 heavy (non-hydrogen) atoms. The monoisotopic (exact) mass is 277 g/mol. The van der Waals surface area contributed by atoms with Gasteiger partial charge in [0.25, 0.3) is 5.69 Å². The highest BCUT2D eigenvalue weighted by Gasteiger charge is 2.44. The first-order valence-electron chi connectivity index (χ1n) is 6.70. The molecule has 0 heterocycles. The van der Waals surface area contributed by atoms with Crippen LogP contribution in [-0.2, 0) is 0 Å². The van der Waals surface area contributed by atoms with Gasteiger partial charge in [0.2, 0.25) is 0 Å². The largest absolute Gasteiger partial charge is 0.327 e. The molecule has 1 fully saturated rings. The summed E-state index contributed by atoms with van der Waals surface area (Å²) in [6, 6.07) is 5.48. The molecular weight excluding hydrogens is 258 g/mol. The van der Waals surface area contributed by atoms with E-state index < -0.39 is 10.5 Å². The van der Waals surface area contributed by atoms with E-state index >= 15 is 0 Å². The number of carbonyl (C=O) groups excluding carboxylic acids is 1. The maximum atomic E-state index is 12.6. The summed E-state index contributed by atoms with van der Waals surface area (Å²) in [5.74, 6) is -0.297. The van der Waals surface area contributed by atoms with Crippen LogP contribution in [0, 0.1) is 16.0 Å². The summed E-state index contributed by atoms with van der Waals surface area (Å²) < 4.78 is 0. The topological polar surface area (TPSA) is 112 Å². The van der Waals surface area contributed by atoms with Crippen LogP contribution in [0.2, 0.25) is 0 Å². The van der Waals surface area contributed by atoms with E-state index in [0.717, 1.165) is 12.8 Å². The van der Waals surface area contributed by atoms with Gasteiger partial charge in [-0.25, -0.2) is 0 Å². The maximum absolute atomic E-state index is 12.6. The molecule has 1 aromatic carbocycles. The second-order valence-electron chi connectivity index (χ2n) is 5.52. The fraction of sp³-hybridized carbons (Fsp3) is 0.500. The number of nitro groups is 1. The van der Waals surface area contributed by atoms with Gasteiger partial charge < -0.3 is 11.5 Å². The fourth-order valence-electron chi connectivity index (χ4n) is 2.81. The molecule has 4 N–H and O–H groups in total. The van der Waals surface area contributed by atoms with Crippen molar-refractivity contribution in [3.8, 4) is 0 Å². The zero-order chi connectivity index (χ0) is 14.9. The third-order valence-electron chi connectivity index (χ3n) is 4.35. The van der Waals surface area contributed by atoms with E-state index in [4.69, 9.17) is 11.5 Å². The Morgan fingerprint density at radius 3 is 2.55 bits per heavy atom. The lowest BCUT2D eigenvalue weighted by Crippen LogP contribution is -2.60. The Balaban J connectivity index is 2.28. The van der Waals surface area contributed by atoms with Crippen LogP contribution < -0.4 is 11.5 Å². The van der Waals surface area contributed by atoms with Crippen LogP contribution in [0.25, 0.3) is 0 Å². The zero-order valence-corrected chi connectivity index (χ0v) is 11.4. The molecule has 1 aliphatic rings. The molecule has 2 rings (SSSR count). The van der Waals surface area contributed by atoms with Crippen LogP contribution >= 0.6 is 0 Å². The molecule has 3 unspecified atom stereocenters. The van der Waals surface area contributed by atoms with E-state index in [-0.39, 0.29) is 23.4 Å². The number of non-ortho nitro benzene ring substituents is 1. The van der Waals surface area contributed by atoms with Gasteiger partial charge >= 0.3 is 0 Å². The molecule has 6 heteroatoms. The first kappa shape index (κ1) is 14.6. The van der Waals surface area contributed by atoms with E-state index in [1.807, 2.05) is 6.92 Å². The van der Waals surface area contributed by atoms with E-state index in [1.54, 1.807) is 0 Å². The van der Waals surface area contributed by atoms with Gasteiger partial charge in [0.15, 0.2) is 5.78 Å². The lowest BCUT2D eigenvalue weighted by atomic mass is 9.68. The first-order chi connectivity index (χ1) is 9.36. The molecule has 0 spiro atoms. The number of hydrogen-bond donors (Lipinski definition) is 2. The average Bonchev–Trinajstić information content (AvgIpc) is 2.44. The average molecular weight is 277 g/mol. The number of rotatable bonds is 3. The van der Waals surface area contributed by atoms with Crippen LogP contribution in [0.1, 0.15) is 36.5 Å². The van der Waals surface area contributed by atoms with Gasteiger partial charge in [0.1, 0.15) is 0 Å². The molecular formula is C14H19N3O3. The predicted molar refractivity (Wildman–Crippen MR) is 75.3 cm³/mol.